The molecule has 1 aromatic carbocycles. The molecule has 1 aromatic rings. The fraction of sp³-hybridized carbons (Fsp3) is 0.385. The molecular formula is C13H15N3O2. The highest BCUT2D eigenvalue weighted by molar-refractivity contribution is 5.98. The first kappa shape index (κ1) is 12.6. The summed E-state index contributed by atoms with van der Waals surface area (Å²) in [5, 5.41) is 20.9. The van der Waals surface area contributed by atoms with Gasteiger partial charge in [-0.05, 0) is 31.2 Å². The van der Waals surface area contributed by atoms with Crippen LogP contribution in [0.3, 0.4) is 0 Å². The molecule has 2 rings (SSSR count). The minimum atomic E-state index is -0.545. The summed E-state index contributed by atoms with van der Waals surface area (Å²) in [5.41, 5.74) is 1.32. The van der Waals surface area contributed by atoms with Gasteiger partial charge < -0.3 is 15.3 Å². The molecule has 5 nitrogen and oxygen atoms in total. The van der Waals surface area contributed by atoms with Gasteiger partial charge in [0.1, 0.15) is 6.04 Å². The summed E-state index contributed by atoms with van der Waals surface area (Å²) < 4.78 is 0. The number of nitrogens with one attached hydrogen (secondary N) is 1. The van der Waals surface area contributed by atoms with E-state index in [1.54, 1.807) is 29.2 Å². The third-order valence-electron chi connectivity index (χ3n) is 3.09. The number of carbonyl (C=O) groups excluding carboxylic acids is 1. The van der Waals surface area contributed by atoms with Gasteiger partial charge in [0.2, 0.25) is 5.91 Å². The molecule has 1 saturated heterocycles. The number of anilines is 1. The Labute approximate surface area is 106 Å². The maximum Gasteiger partial charge on any atom is 0.246 e. The summed E-state index contributed by atoms with van der Waals surface area (Å²) in [6, 6.07) is 8.41. The van der Waals surface area contributed by atoms with Crippen LogP contribution in [-0.2, 0) is 4.79 Å². The number of nitrogens with zero attached hydrogens (tertiary/aromatic N) is 2. The second-order valence-electron chi connectivity index (χ2n) is 4.36. The van der Waals surface area contributed by atoms with Crippen LogP contribution in [0.1, 0.15) is 12.5 Å². The highest BCUT2D eigenvalue weighted by atomic mass is 16.3. The zero-order chi connectivity index (χ0) is 13.1. The molecule has 94 valence electrons. The molecular weight excluding hydrogens is 230 g/mol. The molecule has 1 aliphatic rings. The topological polar surface area (TPSA) is 76.4 Å². The number of hydrogen-bond donors (Lipinski definition) is 2. The average molecular weight is 245 g/mol. The van der Waals surface area contributed by atoms with Gasteiger partial charge in [-0.15, -0.1) is 0 Å². The van der Waals surface area contributed by atoms with E-state index in [1.165, 1.54) is 0 Å². The molecule has 18 heavy (non-hydrogen) atoms. The van der Waals surface area contributed by atoms with Gasteiger partial charge in [0.15, 0.2) is 0 Å². The van der Waals surface area contributed by atoms with Crippen LogP contribution in [0.4, 0.5) is 5.69 Å². The molecule has 0 radical (unpaired) electrons. The highest BCUT2D eigenvalue weighted by Crippen LogP contribution is 2.21. The van der Waals surface area contributed by atoms with E-state index in [0.29, 0.717) is 12.1 Å². The van der Waals surface area contributed by atoms with Crippen molar-refractivity contribution in [1.29, 1.82) is 5.26 Å². The number of hydrogen-bond acceptors (Lipinski definition) is 4. The number of rotatable bonds is 2. The van der Waals surface area contributed by atoms with Gasteiger partial charge in [-0.3, -0.25) is 4.79 Å². The predicted molar refractivity (Wildman–Crippen MR) is 67.0 cm³/mol. The third kappa shape index (κ3) is 2.21. The van der Waals surface area contributed by atoms with Crippen molar-refractivity contribution in [3.8, 4) is 6.07 Å². The second kappa shape index (κ2) is 5.17. The van der Waals surface area contributed by atoms with Gasteiger partial charge in [0, 0.05) is 18.3 Å². The number of carbonyl (C=O) groups is 1. The van der Waals surface area contributed by atoms with E-state index in [-0.39, 0.29) is 18.6 Å². The molecule has 2 atom stereocenters. The summed E-state index contributed by atoms with van der Waals surface area (Å²) >= 11 is 0. The monoisotopic (exact) mass is 245 g/mol. The molecule has 1 aliphatic heterocycles. The van der Waals surface area contributed by atoms with E-state index in [2.05, 4.69) is 5.32 Å². The molecule has 1 amide bonds. The van der Waals surface area contributed by atoms with Crippen LogP contribution in [0.25, 0.3) is 0 Å². The zero-order valence-corrected chi connectivity index (χ0v) is 10.1. The van der Waals surface area contributed by atoms with Crippen molar-refractivity contribution in [3.05, 3.63) is 29.8 Å². The summed E-state index contributed by atoms with van der Waals surface area (Å²) in [6.45, 7) is 2.37. The van der Waals surface area contributed by atoms with E-state index in [9.17, 15) is 4.79 Å². The normalized spacial score (nSPS) is 23.8. The van der Waals surface area contributed by atoms with Gasteiger partial charge in [-0.2, -0.15) is 5.26 Å². The van der Waals surface area contributed by atoms with Crippen molar-refractivity contribution in [3.63, 3.8) is 0 Å². The molecule has 1 heterocycles. The Morgan fingerprint density at radius 2 is 2.17 bits per heavy atom. The lowest BCUT2D eigenvalue weighted by Gasteiger charge is -2.37. The Balaban J connectivity index is 2.28. The van der Waals surface area contributed by atoms with E-state index in [0.717, 1.165) is 5.69 Å². The summed E-state index contributed by atoms with van der Waals surface area (Å²) in [6.07, 6.45) is 0. The largest absolute Gasteiger partial charge is 0.394 e. The molecule has 0 bridgehead atoms. The number of benzene rings is 1. The smallest absolute Gasteiger partial charge is 0.246 e. The van der Waals surface area contributed by atoms with Crippen molar-refractivity contribution in [2.45, 2.75) is 19.0 Å². The number of aliphatic hydroxyl groups excluding tert-OH is 1. The van der Waals surface area contributed by atoms with Crippen LogP contribution in [0.2, 0.25) is 0 Å². The first-order chi connectivity index (χ1) is 8.67. The van der Waals surface area contributed by atoms with Crippen LogP contribution in [0.5, 0.6) is 0 Å². The van der Waals surface area contributed by atoms with Crippen molar-refractivity contribution in [2.24, 2.45) is 0 Å². The Kier molecular flexibility index (Phi) is 3.60. The maximum absolute atomic E-state index is 12.2. The van der Waals surface area contributed by atoms with Crippen LogP contribution in [0.15, 0.2) is 24.3 Å². The quantitative estimate of drug-likeness (QED) is 0.782. The maximum atomic E-state index is 12.2. The molecule has 0 saturated carbocycles. The van der Waals surface area contributed by atoms with Gasteiger partial charge >= 0.3 is 0 Å². The van der Waals surface area contributed by atoms with Gasteiger partial charge in [0.25, 0.3) is 0 Å². The highest BCUT2D eigenvalue weighted by Gasteiger charge is 2.33. The van der Waals surface area contributed by atoms with Crippen LogP contribution >= 0.6 is 0 Å². The Morgan fingerprint density at radius 3 is 2.72 bits per heavy atom. The lowest BCUT2D eigenvalue weighted by molar-refractivity contribution is -0.123. The molecule has 1 fully saturated rings. The average Bonchev–Trinajstić information content (AvgIpc) is 2.40. The number of aliphatic hydroxyl groups is 1. The van der Waals surface area contributed by atoms with Gasteiger partial charge in [-0.25, -0.2) is 0 Å². The van der Waals surface area contributed by atoms with Crippen molar-refractivity contribution < 1.29 is 9.90 Å². The zero-order valence-electron chi connectivity index (χ0n) is 10.1. The first-order valence-electron chi connectivity index (χ1n) is 5.85. The minimum absolute atomic E-state index is 0.0215. The Hall–Kier alpha value is -1.90. The van der Waals surface area contributed by atoms with Gasteiger partial charge in [-0.1, -0.05) is 0 Å². The summed E-state index contributed by atoms with van der Waals surface area (Å²) in [4.78, 5) is 13.8. The molecule has 2 unspecified atom stereocenters. The van der Waals surface area contributed by atoms with Crippen molar-refractivity contribution in [1.82, 2.24) is 5.32 Å². The van der Waals surface area contributed by atoms with Crippen LogP contribution < -0.4 is 10.2 Å². The van der Waals surface area contributed by atoms with Crippen molar-refractivity contribution >= 4 is 11.6 Å². The predicted octanol–water partition coefficient (Wildman–Crippen LogP) is 0.244. The third-order valence-corrected chi connectivity index (χ3v) is 3.09. The number of amides is 1. The lowest BCUT2D eigenvalue weighted by atomic mass is 10.1. The lowest BCUT2D eigenvalue weighted by Crippen LogP contribution is -2.60. The Bertz CT molecular complexity index is 478. The summed E-state index contributed by atoms with van der Waals surface area (Å²) in [7, 11) is 0. The standard InChI is InChI=1S/C13H15N3O2/c1-9-7-15-12(8-17)13(18)16(9)11-4-2-10(6-14)3-5-11/h2-5,9,12,15,17H,7-8H2,1H3. The van der Waals surface area contributed by atoms with E-state index < -0.39 is 6.04 Å². The number of nitriles is 1. The van der Waals surface area contributed by atoms with Crippen LogP contribution in [0, 0.1) is 11.3 Å². The molecule has 2 N–H and O–H groups in total. The second-order valence-corrected chi connectivity index (χ2v) is 4.36. The molecule has 0 aliphatic carbocycles. The van der Waals surface area contributed by atoms with Crippen molar-refractivity contribution in [2.75, 3.05) is 18.1 Å². The van der Waals surface area contributed by atoms with E-state index in [4.69, 9.17) is 10.4 Å². The Morgan fingerprint density at radius 1 is 1.50 bits per heavy atom. The summed E-state index contributed by atoms with van der Waals surface area (Å²) in [5.74, 6) is -0.138. The molecule has 0 spiro atoms. The fourth-order valence-corrected chi connectivity index (χ4v) is 2.10. The molecule has 5 heteroatoms. The molecule has 0 aromatic heterocycles. The fourth-order valence-electron chi connectivity index (χ4n) is 2.10. The van der Waals surface area contributed by atoms with E-state index >= 15 is 0 Å². The SMILES string of the molecule is CC1CNC(CO)C(=O)N1c1ccc(C#N)cc1. The van der Waals surface area contributed by atoms with E-state index in [1.807, 2.05) is 13.0 Å². The van der Waals surface area contributed by atoms with Gasteiger partial charge in [0.05, 0.1) is 18.2 Å². The minimum Gasteiger partial charge on any atom is -0.394 e. The first-order valence-corrected chi connectivity index (χ1v) is 5.85. The number of piperazine rings is 1. The van der Waals surface area contributed by atoms with Crippen LogP contribution in [-0.4, -0.2) is 36.2 Å².